The maximum atomic E-state index is 12.4. The summed E-state index contributed by atoms with van der Waals surface area (Å²) in [6, 6.07) is 14.5. The zero-order chi connectivity index (χ0) is 19.2. The smallest absolute Gasteiger partial charge is 0.246 e. The molecule has 2 aromatic carbocycles. The van der Waals surface area contributed by atoms with Gasteiger partial charge in [-0.1, -0.05) is 18.2 Å². The van der Waals surface area contributed by atoms with Gasteiger partial charge in [-0.3, -0.25) is 14.4 Å². The lowest BCUT2D eigenvalue weighted by molar-refractivity contribution is -0.124. The number of amides is 2. The molecule has 2 aromatic rings. The van der Waals surface area contributed by atoms with E-state index >= 15 is 0 Å². The van der Waals surface area contributed by atoms with E-state index in [4.69, 9.17) is 4.74 Å². The highest BCUT2D eigenvalue weighted by molar-refractivity contribution is 6.00. The summed E-state index contributed by atoms with van der Waals surface area (Å²) < 4.78 is 5.05. The van der Waals surface area contributed by atoms with Gasteiger partial charge >= 0.3 is 0 Å². The third kappa shape index (κ3) is 4.53. The van der Waals surface area contributed by atoms with Crippen LogP contribution in [0.25, 0.3) is 0 Å². The third-order valence-corrected chi connectivity index (χ3v) is 4.62. The first kappa shape index (κ1) is 18.6. The lowest BCUT2D eigenvalue weighted by atomic mass is 10.1. The van der Waals surface area contributed by atoms with E-state index in [1.54, 1.807) is 36.3 Å². The Balaban J connectivity index is 1.44. The average molecular weight is 366 g/mol. The summed E-state index contributed by atoms with van der Waals surface area (Å²) >= 11 is 0. The summed E-state index contributed by atoms with van der Waals surface area (Å²) in [5.74, 6) is 0.103. The van der Waals surface area contributed by atoms with Gasteiger partial charge < -0.3 is 15.0 Å². The van der Waals surface area contributed by atoms with Crippen molar-refractivity contribution < 1.29 is 19.1 Å². The molecule has 27 heavy (non-hydrogen) atoms. The number of nitrogens with zero attached hydrogens (tertiary/aromatic N) is 1. The summed E-state index contributed by atoms with van der Waals surface area (Å²) in [5.41, 5.74) is 2.59. The van der Waals surface area contributed by atoms with E-state index in [1.165, 1.54) is 0 Å². The number of carbonyl (C=O) groups is 3. The fourth-order valence-electron chi connectivity index (χ4n) is 3.10. The van der Waals surface area contributed by atoms with E-state index in [0.29, 0.717) is 17.9 Å². The van der Waals surface area contributed by atoms with E-state index < -0.39 is 0 Å². The second-order valence-electron chi connectivity index (χ2n) is 6.35. The fraction of sp³-hybridized carbons (Fsp3) is 0.286. The quantitative estimate of drug-likeness (QED) is 0.764. The number of Topliss-reactive ketones (excluding diaryl/α,β-unsaturated/α-hetero) is 1. The van der Waals surface area contributed by atoms with E-state index in [1.807, 2.05) is 24.3 Å². The highest BCUT2D eigenvalue weighted by Crippen LogP contribution is 2.27. The number of ether oxygens (including phenoxy) is 1. The molecule has 6 heteroatoms. The molecular weight excluding hydrogens is 344 g/mol. The number of para-hydroxylation sites is 1. The van der Waals surface area contributed by atoms with Gasteiger partial charge in [-0.05, 0) is 42.3 Å². The molecule has 0 spiro atoms. The van der Waals surface area contributed by atoms with Gasteiger partial charge in [-0.15, -0.1) is 0 Å². The molecule has 0 saturated heterocycles. The van der Waals surface area contributed by atoms with Crippen molar-refractivity contribution in [1.82, 2.24) is 5.32 Å². The van der Waals surface area contributed by atoms with Crippen LogP contribution in [0.3, 0.4) is 0 Å². The van der Waals surface area contributed by atoms with Gasteiger partial charge in [-0.2, -0.15) is 0 Å². The van der Waals surface area contributed by atoms with Crippen LogP contribution in [0.1, 0.15) is 28.8 Å². The molecule has 0 aromatic heterocycles. The summed E-state index contributed by atoms with van der Waals surface area (Å²) in [6.07, 6.45) is 0.972. The van der Waals surface area contributed by atoms with Gasteiger partial charge in [0.15, 0.2) is 5.78 Å². The number of nitrogens with one attached hydrogen (secondary N) is 1. The normalized spacial score (nSPS) is 12.4. The minimum atomic E-state index is -0.308. The van der Waals surface area contributed by atoms with Crippen LogP contribution in [0, 0.1) is 0 Å². The van der Waals surface area contributed by atoms with Gasteiger partial charge in [0.25, 0.3) is 0 Å². The standard InChI is InChI=1S/C21H22N2O4/c1-27-17-8-6-16(7-9-17)19(24)10-11-20(25)22-14-21(26)23-13-12-15-4-2-3-5-18(15)23/h2-9H,10-14H2,1H3,(H,22,25). The van der Waals surface area contributed by atoms with Crippen molar-refractivity contribution in [2.24, 2.45) is 0 Å². The summed E-state index contributed by atoms with van der Waals surface area (Å²) in [5, 5.41) is 2.61. The average Bonchev–Trinajstić information content (AvgIpc) is 3.14. The van der Waals surface area contributed by atoms with Crippen molar-refractivity contribution in [1.29, 1.82) is 0 Å². The van der Waals surface area contributed by atoms with Gasteiger partial charge in [0.05, 0.1) is 13.7 Å². The number of hydrogen-bond donors (Lipinski definition) is 1. The van der Waals surface area contributed by atoms with Crippen LogP contribution < -0.4 is 15.0 Å². The topological polar surface area (TPSA) is 75.7 Å². The van der Waals surface area contributed by atoms with Crippen LogP contribution in [-0.2, 0) is 16.0 Å². The highest BCUT2D eigenvalue weighted by atomic mass is 16.5. The Morgan fingerprint density at radius 3 is 2.52 bits per heavy atom. The molecule has 3 rings (SSSR count). The van der Waals surface area contributed by atoms with E-state index in [-0.39, 0.29) is 37.0 Å². The SMILES string of the molecule is COc1ccc(C(=O)CCC(=O)NCC(=O)N2CCc3ccccc32)cc1. The number of benzene rings is 2. The minimum absolute atomic E-state index is 0.0503. The molecule has 1 aliphatic heterocycles. The molecule has 0 radical (unpaired) electrons. The van der Waals surface area contributed by atoms with E-state index in [9.17, 15) is 14.4 Å². The van der Waals surface area contributed by atoms with Crippen molar-refractivity contribution in [3.8, 4) is 5.75 Å². The largest absolute Gasteiger partial charge is 0.497 e. The Morgan fingerprint density at radius 1 is 1.04 bits per heavy atom. The molecule has 140 valence electrons. The van der Waals surface area contributed by atoms with Crippen molar-refractivity contribution in [2.45, 2.75) is 19.3 Å². The number of methoxy groups -OCH3 is 1. The number of carbonyl (C=O) groups excluding carboxylic acids is 3. The first-order valence-corrected chi connectivity index (χ1v) is 8.90. The summed E-state index contributed by atoms with van der Waals surface area (Å²) in [7, 11) is 1.56. The van der Waals surface area contributed by atoms with Gasteiger partial charge in [-0.25, -0.2) is 0 Å². The second-order valence-corrected chi connectivity index (χ2v) is 6.35. The molecule has 0 unspecified atom stereocenters. The summed E-state index contributed by atoms with van der Waals surface area (Å²) in [4.78, 5) is 38.2. The number of rotatable bonds is 7. The van der Waals surface area contributed by atoms with Crippen LogP contribution >= 0.6 is 0 Å². The van der Waals surface area contributed by atoms with Crippen molar-refractivity contribution in [3.05, 3.63) is 59.7 Å². The molecule has 1 heterocycles. The number of anilines is 1. The Labute approximate surface area is 158 Å². The van der Waals surface area contributed by atoms with Gasteiger partial charge in [0, 0.05) is 30.6 Å². The molecular formula is C21H22N2O4. The zero-order valence-corrected chi connectivity index (χ0v) is 15.2. The van der Waals surface area contributed by atoms with Gasteiger partial charge in [0.1, 0.15) is 5.75 Å². The molecule has 1 N–H and O–H groups in total. The Kier molecular flexibility index (Phi) is 5.86. The molecule has 6 nitrogen and oxygen atoms in total. The molecule has 0 saturated carbocycles. The van der Waals surface area contributed by atoms with Crippen LogP contribution in [0.4, 0.5) is 5.69 Å². The Morgan fingerprint density at radius 2 is 1.78 bits per heavy atom. The molecule has 0 atom stereocenters. The number of hydrogen-bond acceptors (Lipinski definition) is 4. The number of fused-ring (bicyclic) bond motifs is 1. The van der Waals surface area contributed by atoms with Crippen molar-refractivity contribution in [2.75, 3.05) is 25.1 Å². The summed E-state index contributed by atoms with van der Waals surface area (Å²) in [6.45, 7) is 0.563. The molecule has 0 bridgehead atoms. The van der Waals surface area contributed by atoms with Crippen LogP contribution in [0.15, 0.2) is 48.5 Å². The lowest BCUT2D eigenvalue weighted by Gasteiger charge is -2.17. The molecule has 0 fully saturated rings. The van der Waals surface area contributed by atoms with Gasteiger partial charge in [0.2, 0.25) is 11.8 Å². The van der Waals surface area contributed by atoms with Crippen LogP contribution in [0.2, 0.25) is 0 Å². The van der Waals surface area contributed by atoms with E-state index in [2.05, 4.69) is 5.32 Å². The second kappa shape index (κ2) is 8.49. The van der Waals surface area contributed by atoms with Crippen LogP contribution in [0.5, 0.6) is 5.75 Å². The van der Waals surface area contributed by atoms with Crippen molar-refractivity contribution in [3.63, 3.8) is 0 Å². The Hall–Kier alpha value is -3.15. The maximum Gasteiger partial charge on any atom is 0.246 e. The highest BCUT2D eigenvalue weighted by Gasteiger charge is 2.24. The molecule has 0 aliphatic carbocycles. The third-order valence-electron chi connectivity index (χ3n) is 4.62. The predicted molar refractivity (Wildman–Crippen MR) is 102 cm³/mol. The minimum Gasteiger partial charge on any atom is -0.497 e. The Bertz CT molecular complexity index is 846. The molecule has 1 aliphatic rings. The lowest BCUT2D eigenvalue weighted by Crippen LogP contribution is -2.39. The van der Waals surface area contributed by atoms with Crippen LogP contribution in [-0.4, -0.2) is 37.8 Å². The molecule has 2 amide bonds. The maximum absolute atomic E-state index is 12.4. The van der Waals surface area contributed by atoms with E-state index in [0.717, 1.165) is 17.7 Å². The number of ketones is 1. The first-order chi connectivity index (χ1) is 13.1. The monoisotopic (exact) mass is 366 g/mol. The first-order valence-electron chi connectivity index (χ1n) is 8.90. The fourth-order valence-corrected chi connectivity index (χ4v) is 3.10. The van der Waals surface area contributed by atoms with Crippen molar-refractivity contribution >= 4 is 23.3 Å². The predicted octanol–water partition coefficient (Wildman–Crippen LogP) is 2.36. The zero-order valence-electron chi connectivity index (χ0n) is 15.2.